The molecule has 1 atom stereocenters. The van der Waals surface area contributed by atoms with Crippen LogP contribution in [0.5, 0.6) is 5.75 Å². The molecule has 0 amide bonds. The Hall–Kier alpha value is -1.84. The molecular formula is C14H18O4. The fourth-order valence-corrected chi connectivity index (χ4v) is 1.83. The van der Waals surface area contributed by atoms with Gasteiger partial charge in [0.05, 0.1) is 14.2 Å². The Labute approximate surface area is 107 Å². The summed E-state index contributed by atoms with van der Waals surface area (Å²) in [4.78, 5) is 23.5. The third-order valence-electron chi connectivity index (χ3n) is 2.84. The first-order valence-corrected chi connectivity index (χ1v) is 5.86. The van der Waals surface area contributed by atoms with E-state index in [-0.39, 0.29) is 12.2 Å². The van der Waals surface area contributed by atoms with Crippen LogP contribution in [-0.2, 0) is 20.7 Å². The van der Waals surface area contributed by atoms with Crippen molar-refractivity contribution in [2.24, 2.45) is 5.92 Å². The fourth-order valence-electron chi connectivity index (χ4n) is 1.83. The smallest absolute Gasteiger partial charge is 0.316 e. The second-order valence-electron chi connectivity index (χ2n) is 3.94. The minimum absolute atomic E-state index is 0.145. The van der Waals surface area contributed by atoms with Gasteiger partial charge in [-0.05, 0) is 12.5 Å². The molecular weight excluding hydrogens is 232 g/mol. The molecule has 0 aliphatic heterocycles. The van der Waals surface area contributed by atoms with Crippen molar-refractivity contribution < 1.29 is 19.1 Å². The predicted octanol–water partition coefficient (Wildman–Crippen LogP) is 2.01. The normalized spacial score (nSPS) is 11.7. The van der Waals surface area contributed by atoms with Crippen molar-refractivity contribution in [3.05, 3.63) is 29.8 Å². The van der Waals surface area contributed by atoms with Crippen LogP contribution in [0.3, 0.4) is 0 Å². The lowest BCUT2D eigenvalue weighted by Gasteiger charge is -2.12. The average molecular weight is 250 g/mol. The van der Waals surface area contributed by atoms with E-state index in [0.717, 1.165) is 5.56 Å². The van der Waals surface area contributed by atoms with Gasteiger partial charge in [0, 0.05) is 12.0 Å². The average Bonchev–Trinajstić information content (AvgIpc) is 2.39. The van der Waals surface area contributed by atoms with E-state index >= 15 is 0 Å². The summed E-state index contributed by atoms with van der Waals surface area (Å²) in [7, 11) is 2.85. The zero-order chi connectivity index (χ0) is 13.5. The van der Waals surface area contributed by atoms with Crippen molar-refractivity contribution in [2.75, 3.05) is 14.2 Å². The predicted molar refractivity (Wildman–Crippen MR) is 67.5 cm³/mol. The van der Waals surface area contributed by atoms with Crippen molar-refractivity contribution in [1.29, 1.82) is 0 Å². The van der Waals surface area contributed by atoms with Crippen molar-refractivity contribution in [3.8, 4) is 5.75 Å². The molecule has 98 valence electrons. The van der Waals surface area contributed by atoms with Crippen LogP contribution in [0.25, 0.3) is 0 Å². The first-order chi connectivity index (χ1) is 8.63. The zero-order valence-electron chi connectivity index (χ0n) is 10.9. The fraction of sp³-hybridized carbons (Fsp3) is 0.429. The molecule has 0 radical (unpaired) electrons. The van der Waals surface area contributed by atoms with Crippen molar-refractivity contribution >= 4 is 11.8 Å². The molecule has 1 unspecified atom stereocenters. The standard InChI is InChI=1S/C14H18O4/c1-4-11(14(16)18-3)12(15)9-10-7-5-6-8-13(10)17-2/h5-8,11H,4,9H2,1-3H3. The van der Waals surface area contributed by atoms with Gasteiger partial charge in [0.1, 0.15) is 11.7 Å². The van der Waals surface area contributed by atoms with Crippen LogP contribution in [0.15, 0.2) is 24.3 Å². The van der Waals surface area contributed by atoms with E-state index < -0.39 is 11.9 Å². The number of hydrogen-bond donors (Lipinski definition) is 0. The van der Waals surface area contributed by atoms with E-state index in [0.29, 0.717) is 12.2 Å². The molecule has 4 heteroatoms. The van der Waals surface area contributed by atoms with Crippen molar-refractivity contribution in [1.82, 2.24) is 0 Å². The second-order valence-corrected chi connectivity index (χ2v) is 3.94. The quantitative estimate of drug-likeness (QED) is 0.572. The molecule has 0 saturated carbocycles. The molecule has 0 aromatic heterocycles. The number of hydrogen-bond acceptors (Lipinski definition) is 4. The van der Waals surface area contributed by atoms with E-state index in [4.69, 9.17) is 4.74 Å². The minimum Gasteiger partial charge on any atom is -0.496 e. The number of carbonyl (C=O) groups excluding carboxylic acids is 2. The molecule has 1 rings (SSSR count). The van der Waals surface area contributed by atoms with Crippen LogP contribution in [0.1, 0.15) is 18.9 Å². The van der Waals surface area contributed by atoms with Crippen LogP contribution in [0.4, 0.5) is 0 Å². The summed E-state index contributed by atoms with van der Waals surface area (Å²) in [5, 5.41) is 0. The van der Waals surface area contributed by atoms with Gasteiger partial charge in [-0.15, -0.1) is 0 Å². The number of Topliss-reactive ketones (excluding diaryl/α,β-unsaturated/α-hetero) is 1. The van der Waals surface area contributed by atoms with E-state index in [1.165, 1.54) is 7.11 Å². The Kier molecular flexibility index (Phi) is 5.36. The van der Waals surface area contributed by atoms with Gasteiger partial charge in [-0.1, -0.05) is 25.1 Å². The van der Waals surface area contributed by atoms with Gasteiger partial charge in [0.15, 0.2) is 5.78 Å². The van der Waals surface area contributed by atoms with Crippen molar-refractivity contribution in [2.45, 2.75) is 19.8 Å². The number of carbonyl (C=O) groups is 2. The first kappa shape index (κ1) is 14.2. The Balaban J connectivity index is 2.83. The Bertz CT molecular complexity index is 426. The number of ketones is 1. The lowest BCUT2D eigenvalue weighted by molar-refractivity contribution is -0.149. The summed E-state index contributed by atoms with van der Waals surface area (Å²) >= 11 is 0. The molecule has 0 bridgehead atoms. The zero-order valence-corrected chi connectivity index (χ0v) is 10.9. The highest BCUT2D eigenvalue weighted by molar-refractivity contribution is 6.00. The summed E-state index contributed by atoms with van der Waals surface area (Å²) in [6, 6.07) is 7.29. The van der Waals surface area contributed by atoms with Gasteiger partial charge >= 0.3 is 5.97 Å². The van der Waals surface area contributed by atoms with Crippen LogP contribution < -0.4 is 4.74 Å². The molecule has 0 saturated heterocycles. The maximum Gasteiger partial charge on any atom is 0.316 e. The Morgan fingerprint density at radius 1 is 1.22 bits per heavy atom. The van der Waals surface area contributed by atoms with E-state index in [9.17, 15) is 9.59 Å². The van der Waals surface area contributed by atoms with Crippen molar-refractivity contribution in [3.63, 3.8) is 0 Å². The van der Waals surface area contributed by atoms with Gasteiger partial charge in [-0.25, -0.2) is 0 Å². The van der Waals surface area contributed by atoms with E-state index in [2.05, 4.69) is 4.74 Å². The van der Waals surface area contributed by atoms with Crippen LogP contribution in [0.2, 0.25) is 0 Å². The summed E-state index contributed by atoms with van der Waals surface area (Å²) in [6.07, 6.45) is 0.623. The minimum atomic E-state index is -0.695. The summed E-state index contributed by atoms with van der Waals surface area (Å²) in [6.45, 7) is 1.79. The Morgan fingerprint density at radius 3 is 2.44 bits per heavy atom. The third-order valence-corrected chi connectivity index (χ3v) is 2.84. The van der Waals surface area contributed by atoms with E-state index in [1.54, 1.807) is 20.1 Å². The monoisotopic (exact) mass is 250 g/mol. The molecule has 18 heavy (non-hydrogen) atoms. The summed E-state index contributed by atoms with van der Waals surface area (Å²) in [5.41, 5.74) is 0.785. The number of para-hydroxylation sites is 1. The number of esters is 1. The highest BCUT2D eigenvalue weighted by atomic mass is 16.5. The van der Waals surface area contributed by atoms with Gasteiger partial charge < -0.3 is 9.47 Å². The first-order valence-electron chi connectivity index (χ1n) is 5.86. The Morgan fingerprint density at radius 2 is 1.89 bits per heavy atom. The lowest BCUT2D eigenvalue weighted by atomic mass is 9.95. The van der Waals surface area contributed by atoms with E-state index in [1.807, 2.05) is 18.2 Å². The third kappa shape index (κ3) is 3.32. The molecule has 0 aliphatic carbocycles. The van der Waals surface area contributed by atoms with Gasteiger partial charge in [-0.3, -0.25) is 9.59 Å². The lowest BCUT2D eigenvalue weighted by Crippen LogP contribution is -2.26. The molecule has 0 N–H and O–H groups in total. The number of rotatable bonds is 6. The van der Waals surface area contributed by atoms with Crippen LogP contribution >= 0.6 is 0 Å². The van der Waals surface area contributed by atoms with Gasteiger partial charge in [0.2, 0.25) is 0 Å². The number of methoxy groups -OCH3 is 2. The molecule has 0 fully saturated rings. The second kappa shape index (κ2) is 6.79. The topological polar surface area (TPSA) is 52.6 Å². The van der Waals surface area contributed by atoms with Crippen LogP contribution in [-0.4, -0.2) is 26.0 Å². The van der Waals surface area contributed by atoms with Gasteiger partial charge in [-0.2, -0.15) is 0 Å². The number of ether oxygens (including phenoxy) is 2. The molecule has 0 heterocycles. The van der Waals surface area contributed by atoms with Crippen LogP contribution in [0, 0.1) is 5.92 Å². The maximum atomic E-state index is 12.1. The summed E-state index contributed by atoms with van der Waals surface area (Å²) in [5.74, 6) is -0.656. The molecule has 1 aromatic rings. The maximum absolute atomic E-state index is 12.1. The molecule has 0 spiro atoms. The number of benzene rings is 1. The highest BCUT2D eigenvalue weighted by Crippen LogP contribution is 2.20. The molecule has 0 aliphatic rings. The SMILES string of the molecule is CCC(C(=O)Cc1ccccc1OC)C(=O)OC. The highest BCUT2D eigenvalue weighted by Gasteiger charge is 2.25. The summed E-state index contributed by atoms with van der Waals surface area (Å²) < 4.78 is 9.81. The van der Waals surface area contributed by atoms with Gasteiger partial charge in [0.25, 0.3) is 0 Å². The largest absolute Gasteiger partial charge is 0.496 e. The molecule has 1 aromatic carbocycles. The molecule has 4 nitrogen and oxygen atoms in total.